The predicted molar refractivity (Wildman–Crippen MR) is 52.3 cm³/mol. The van der Waals surface area contributed by atoms with Crippen molar-refractivity contribution in [2.24, 2.45) is 0 Å². The summed E-state index contributed by atoms with van der Waals surface area (Å²) in [6.45, 7) is -0.563. The quantitative estimate of drug-likeness (QED) is 0.705. The lowest BCUT2D eigenvalue weighted by atomic mass is 10.6. The number of aliphatic carboxylic acids is 2. The summed E-state index contributed by atoms with van der Waals surface area (Å²) in [7, 11) is 0. The molecule has 0 saturated carbocycles. The maximum atomic E-state index is 10.4. The Bertz CT molecular complexity index is 301. The Balaban J connectivity index is 2.69. The molecule has 8 heteroatoms. The fourth-order valence-corrected chi connectivity index (χ4v) is 1.62. The molecule has 0 aliphatic carbocycles. The normalized spacial score (nSPS) is 16.1. The largest absolute Gasteiger partial charge is 0.480 e. The molecule has 1 aliphatic rings. The molecule has 0 spiro atoms. The van der Waals surface area contributed by atoms with Gasteiger partial charge in [-0.2, -0.15) is 0 Å². The number of carboxylic acid groups (broad SMARTS) is 2. The van der Waals surface area contributed by atoms with Crippen LogP contribution in [0.3, 0.4) is 0 Å². The van der Waals surface area contributed by atoms with Crippen molar-refractivity contribution >= 4 is 35.1 Å². The zero-order valence-electron chi connectivity index (χ0n) is 7.48. The van der Waals surface area contributed by atoms with E-state index in [0.717, 1.165) is 0 Å². The van der Waals surface area contributed by atoms with Crippen LogP contribution in [0.1, 0.15) is 0 Å². The lowest BCUT2D eigenvalue weighted by Crippen LogP contribution is -2.33. The average Bonchev–Trinajstić information content (AvgIpc) is 2.32. The van der Waals surface area contributed by atoms with E-state index in [1.165, 1.54) is 9.80 Å². The molecule has 0 aromatic rings. The number of hydrogen-bond acceptors (Lipinski definition) is 4. The highest BCUT2D eigenvalue weighted by Gasteiger charge is 2.29. The fourth-order valence-electron chi connectivity index (χ4n) is 1.16. The monoisotopic (exact) mass is 254 g/mol. The van der Waals surface area contributed by atoms with E-state index in [4.69, 9.17) is 33.4 Å². The van der Waals surface area contributed by atoms with Gasteiger partial charge in [-0.3, -0.25) is 9.59 Å². The second kappa shape index (κ2) is 4.59. The molecule has 0 aromatic carbocycles. The van der Waals surface area contributed by atoms with Crippen molar-refractivity contribution in [3.05, 3.63) is 10.3 Å². The van der Waals surface area contributed by atoms with Gasteiger partial charge < -0.3 is 20.0 Å². The second-order valence-electron chi connectivity index (χ2n) is 2.91. The van der Waals surface area contributed by atoms with Crippen molar-refractivity contribution in [3.63, 3.8) is 0 Å². The Morgan fingerprint density at radius 2 is 1.40 bits per heavy atom. The van der Waals surface area contributed by atoms with Crippen LogP contribution < -0.4 is 0 Å². The molecule has 0 radical (unpaired) electrons. The van der Waals surface area contributed by atoms with Gasteiger partial charge in [0.25, 0.3) is 0 Å². The van der Waals surface area contributed by atoms with E-state index in [0.29, 0.717) is 0 Å². The maximum Gasteiger partial charge on any atom is 0.323 e. The molecule has 84 valence electrons. The van der Waals surface area contributed by atoms with Gasteiger partial charge in [0.15, 0.2) is 0 Å². The highest BCUT2D eigenvalue weighted by Crippen LogP contribution is 2.28. The molecule has 2 N–H and O–H groups in total. The molecule has 1 heterocycles. The highest BCUT2D eigenvalue weighted by atomic mass is 35.5. The molecular formula is C7H8Cl2N2O4. The molecule has 1 aliphatic heterocycles. The number of rotatable bonds is 4. The van der Waals surface area contributed by atoms with Crippen LogP contribution in [-0.2, 0) is 9.59 Å². The van der Waals surface area contributed by atoms with E-state index in [1.54, 1.807) is 0 Å². The van der Waals surface area contributed by atoms with E-state index < -0.39 is 11.9 Å². The first-order chi connectivity index (χ1) is 6.91. The van der Waals surface area contributed by atoms with Crippen LogP contribution in [0.25, 0.3) is 0 Å². The van der Waals surface area contributed by atoms with Crippen LogP contribution in [0, 0.1) is 0 Å². The zero-order chi connectivity index (χ0) is 11.6. The van der Waals surface area contributed by atoms with Crippen molar-refractivity contribution in [2.45, 2.75) is 0 Å². The van der Waals surface area contributed by atoms with Gasteiger partial charge in [0.05, 0.1) is 6.67 Å². The second-order valence-corrected chi connectivity index (χ2v) is 3.62. The van der Waals surface area contributed by atoms with Crippen LogP contribution in [0.4, 0.5) is 0 Å². The Hall–Kier alpha value is -1.14. The van der Waals surface area contributed by atoms with Crippen LogP contribution in [0.5, 0.6) is 0 Å². The summed E-state index contributed by atoms with van der Waals surface area (Å²) in [6, 6.07) is 0. The van der Waals surface area contributed by atoms with Crippen molar-refractivity contribution in [1.82, 2.24) is 9.80 Å². The standard InChI is InChI=1S/C7H8Cl2N2O4/c8-6-7(9)11(2-5(14)15)3-10(6)1-4(12)13/h1-3H2,(H,12,13)(H,14,15). The lowest BCUT2D eigenvalue weighted by molar-refractivity contribution is -0.138. The fraction of sp³-hybridized carbons (Fsp3) is 0.429. The number of carbonyl (C=O) groups is 2. The highest BCUT2D eigenvalue weighted by molar-refractivity contribution is 6.39. The summed E-state index contributed by atoms with van der Waals surface area (Å²) >= 11 is 11.5. The first kappa shape index (κ1) is 11.9. The number of carboxylic acids is 2. The SMILES string of the molecule is O=C(O)CN1CN(CC(=O)O)C(Cl)=C1Cl. The average molecular weight is 255 g/mol. The molecule has 0 aromatic heterocycles. The van der Waals surface area contributed by atoms with Crippen LogP contribution in [0.15, 0.2) is 10.3 Å². The molecule has 0 atom stereocenters. The Morgan fingerprint density at radius 1 is 1.07 bits per heavy atom. The third-order valence-corrected chi connectivity index (χ3v) is 2.65. The van der Waals surface area contributed by atoms with Crippen LogP contribution in [-0.4, -0.2) is 51.7 Å². The summed E-state index contributed by atoms with van der Waals surface area (Å²) in [4.78, 5) is 23.4. The molecule has 0 fully saturated rings. The Morgan fingerprint density at radius 3 is 1.67 bits per heavy atom. The first-order valence-corrected chi connectivity index (χ1v) is 4.66. The van der Waals surface area contributed by atoms with Gasteiger partial charge in [-0.1, -0.05) is 23.2 Å². The summed E-state index contributed by atoms with van der Waals surface area (Å²) in [6.07, 6.45) is 0. The maximum absolute atomic E-state index is 10.4. The van der Waals surface area contributed by atoms with Crippen molar-refractivity contribution in [1.29, 1.82) is 0 Å². The molecule has 1 rings (SSSR count). The minimum absolute atomic E-state index is 0.0558. The van der Waals surface area contributed by atoms with Gasteiger partial charge in [-0.15, -0.1) is 0 Å². The lowest BCUT2D eigenvalue weighted by Gasteiger charge is -2.18. The van der Waals surface area contributed by atoms with Crippen molar-refractivity contribution < 1.29 is 19.8 Å². The van der Waals surface area contributed by atoms with Crippen LogP contribution >= 0.6 is 23.2 Å². The van der Waals surface area contributed by atoms with E-state index in [2.05, 4.69) is 0 Å². The van der Waals surface area contributed by atoms with E-state index in [1.807, 2.05) is 0 Å². The zero-order valence-corrected chi connectivity index (χ0v) is 8.99. The smallest absolute Gasteiger partial charge is 0.323 e. The molecule has 0 unspecified atom stereocenters. The number of nitrogens with zero attached hydrogens (tertiary/aromatic N) is 2. The Labute approximate surface area is 95.3 Å². The predicted octanol–water partition coefficient (Wildman–Crippen LogP) is 0.335. The number of hydrogen-bond donors (Lipinski definition) is 2. The molecule has 0 bridgehead atoms. The topological polar surface area (TPSA) is 81.1 Å². The summed E-state index contributed by atoms with van der Waals surface area (Å²) < 4.78 is 0. The van der Waals surface area contributed by atoms with Gasteiger partial charge in [0, 0.05) is 0 Å². The minimum atomic E-state index is -1.06. The van der Waals surface area contributed by atoms with E-state index in [-0.39, 0.29) is 30.1 Å². The van der Waals surface area contributed by atoms with Crippen molar-refractivity contribution in [3.8, 4) is 0 Å². The molecule has 0 saturated heterocycles. The summed E-state index contributed by atoms with van der Waals surface area (Å²) in [5.74, 6) is -2.12. The molecule has 6 nitrogen and oxygen atoms in total. The minimum Gasteiger partial charge on any atom is -0.480 e. The molecule has 15 heavy (non-hydrogen) atoms. The van der Waals surface area contributed by atoms with Gasteiger partial charge in [-0.25, -0.2) is 0 Å². The summed E-state index contributed by atoms with van der Waals surface area (Å²) in [5, 5.41) is 17.2. The van der Waals surface area contributed by atoms with E-state index in [9.17, 15) is 9.59 Å². The summed E-state index contributed by atoms with van der Waals surface area (Å²) in [5.41, 5.74) is 0. The van der Waals surface area contributed by atoms with E-state index >= 15 is 0 Å². The first-order valence-electron chi connectivity index (χ1n) is 3.90. The number of halogens is 2. The molecule has 0 amide bonds. The third-order valence-electron chi connectivity index (χ3n) is 1.72. The third kappa shape index (κ3) is 2.90. The van der Waals surface area contributed by atoms with Gasteiger partial charge in [-0.05, 0) is 0 Å². The van der Waals surface area contributed by atoms with Gasteiger partial charge in [0.1, 0.15) is 23.4 Å². The van der Waals surface area contributed by atoms with Crippen LogP contribution in [0.2, 0.25) is 0 Å². The Kier molecular flexibility index (Phi) is 3.65. The van der Waals surface area contributed by atoms with Crippen molar-refractivity contribution in [2.75, 3.05) is 19.8 Å². The van der Waals surface area contributed by atoms with Gasteiger partial charge in [0.2, 0.25) is 0 Å². The molecular weight excluding hydrogens is 247 g/mol. The van der Waals surface area contributed by atoms with Gasteiger partial charge >= 0.3 is 11.9 Å².